The molecule has 19 heteroatoms. The largest absolute Gasteiger partial charge is 0.472 e. The average molecular weight is 1630 g/mol. The van der Waals surface area contributed by atoms with Crippen molar-refractivity contribution >= 4 is 39.5 Å². The number of phosphoric acid groups is 2. The molecule has 0 aromatic carbocycles. The molecule has 3 N–H and O–H groups in total. The van der Waals surface area contributed by atoms with E-state index in [4.69, 9.17) is 37.0 Å². The van der Waals surface area contributed by atoms with Crippen LogP contribution in [0.4, 0.5) is 0 Å². The summed E-state index contributed by atoms with van der Waals surface area (Å²) >= 11 is 0. The third-order valence-corrected chi connectivity index (χ3v) is 23.9. The monoisotopic (exact) mass is 1630 g/mol. The molecule has 666 valence electrons. The third kappa shape index (κ3) is 85.9. The van der Waals surface area contributed by atoms with E-state index in [0.29, 0.717) is 25.7 Å². The highest BCUT2D eigenvalue weighted by molar-refractivity contribution is 7.47. The van der Waals surface area contributed by atoms with Crippen molar-refractivity contribution in [1.82, 2.24) is 0 Å². The van der Waals surface area contributed by atoms with Gasteiger partial charge in [-0.2, -0.15) is 0 Å². The molecule has 0 aliphatic heterocycles. The zero-order chi connectivity index (χ0) is 82.0. The number of aliphatic hydroxyl groups excluding tert-OH is 1. The summed E-state index contributed by atoms with van der Waals surface area (Å²) in [4.78, 5) is 73.5. The second-order valence-corrected chi connectivity index (χ2v) is 37.3. The third-order valence-electron chi connectivity index (χ3n) is 22.0. The van der Waals surface area contributed by atoms with E-state index >= 15 is 0 Å². The van der Waals surface area contributed by atoms with Crippen molar-refractivity contribution in [2.45, 2.75) is 522 Å². The molecule has 0 aliphatic carbocycles. The Hall–Kier alpha value is -1.94. The van der Waals surface area contributed by atoms with Gasteiger partial charge in [-0.15, -0.1) is 0 Å². The molecule has 5 atom stereocenters. The van der Waals surface area contributed by atoms with Crippen LogP contribution in [0, 0.1) is 11.8 Å². The van der Waals surface area contributed by atoms with E-state index in [1.165, 1.54) is 321 Å². The highest BCUT2D eigenvalue weighted by Crippen LogP contribution is 2.45. The Morgan fingerprint density at radius 2 is 0.411 bits per heavy atom. The Morgan fingerprint density at radius 3 is 0.607 bits per heavy atom. The van der Waals surface area contributed by atoms with Crippen molar-refractivity contribution in [2.24, 2.45) is 11.8 Å². The number of unbranched alkanes of at least 4 members (excludes halogenated alkanes) is 62. The van der Waals surface area contributed by atoms with Gasteiger partial charge in [0.25, 0.3) is 0 Å². The number of phosphoric ester groups is 2. The number of hydrogen-bond acceptors (Lipinski definition) is 15. The molecule has 2 unspecified atom stereocenters. The molecule has 0 radical (unpaired) electrons. The van der Waals surface area contributed by atoms with Crippen LogP contribution in [0.1, 0.15) is 504 Å². The minimum absolute atomic E-state index is 0.109. The van der Waals surface area contributed by atoms with E-state index in [1.54, 1.807) is 0 Å². The smallest absolute Gasteiger partial charge is 0.462 e. The standard InChI is InChI=1S/C93H182O17P2/c1-7-9-11-13-15-17-19-21-22-23-24-25-29-34-40-46-52-58-64-70-76-91(96)104-82-89(110-92(97)77-71-65-59-53-47-41-35-30-27-26-28-32-38-43-49-55-61-67-73-85(3)4)84-108-112(101,102)106-80-87(94)79-105-111(99,100)107-83-88(81-103-90(95)75-69-63-57-51-45-37-20-18-16-14-12-10-8-2)109-93(98)78-72-66-60-54-48-42-36-31-33-39-44-50-56-62-68-74-86(5)6/h85-89,94H,7-84H2,1-6H3,(H,99,100)(H,101,102)/t87-,88+,89+/m0/s1. The molecular formula is C93H182O17P2. The van der Waals surface area contributed by atoms with Gasteiger partial charge in [0.05, 0.1) is 26.4 Å². The predicted octanol–water partition coefficient (Wildman–Crippen LogP) is 29.0. The quantitative estimate of drug-likeness (QED) is 0.0222. The van der Waals surface area contributed by atoms with Crippen LogP contribution in [0.15, 0.2) is 0 Å². The Balaban J connectivity index is 5.26. The molecule has 0 saturated carbocycles. The van der Waals surface area contributed by atoms with Gasteiger partial charge < -0.3 is 33.8 Å². The van der Waals surface area contributed by atoms with Crippen molar-refractivity contribution in [3.8, 4) is 0 Å². The lowest BCUT2D eigenvalue weighted by atomic mass is 10.0. The SMILES string of the molecule is CCCCCCCCCCCCCCCCCCCCCCC(=O)OC[C@H](COP(=O)(O)OC[C@@H](O)COP(=O)(O)OC[C@@H](COC(=O)CCCCCCCCCCCCCCC)OC(=O)CCCCCCCCCCCCCCCCCC(C)C)OC(=O)CCCCCCCCCCCCCCCCCCCCC(C)C. The van der Waals surface area contributed by atoms with Crippen molar-refractivity contribution < 1.29 is 80.2 Å². The van der Waals surface area contributed by atoms with Crippen LogP contribution in [0.2, 0.25) is 0 Å². The lowest BCUT2D eigenvalue weighted by Gasteiger charge is -2.21. The van der Waals surface area contributed by atoms with Gasteiger partial charge >= 0.3 is 39.5 Å². The highest BCUT2D eigenvalue weighted by Gasteiger charge is 2.31. The summed E-state index contributed by atoms with van der Waals surface area (Å²) in [6.07, 6.45) is 79.2. The molecule has 0 aromatic rings. The van der Waals surface area contributed by atoms with Crippen LogP contribution in [0.3, 0.4) is 0 Å². The van der Waals surface area contributed by atoms with Crippen molar-refractivity contribution in [1.29, 1.82) is 0 Å². The zero-order valence-electron chi connectivity index (χ0n) is 74.0. The maximum absolute atomic E-state index is 13.2. The van der Waals surface area contributed by atoms with Gasteiger partial charge in [0.1, 0.15) is 19.3 Å². The molecule has 0 saturated heterocycles. The summed E-state index contributed by atoms with van der Waals surface area (Å²) in [5, 5.41) is 10.7. The minimum atomic E-state index is -4.97. The summed E-state index contributed by atoms with van der Waals surface area (Å²) < 4.78 is 69.2. The summed E-state index contributed by atoms with van der Waals surface area (Å²) in [7, 11) is -9.94. The van der Waals surface area contributed by atoms with Crippen molar-refractivity contribution in [2.75, 3.05) is 39.6 Å². The zero-order valence-corrected chi connectivity index (χ0v) is 75.8. The fourth-order valence-electron chi connectivity index (χ4n) is 14.7. The predicted molar refractivity (Wildman–Crippen MR) is 465 cm³/mol. The fraction of sp³-hybridized carbons (Fsp3) is 0.957. The molecule has 0 spiro atoms. The normalized spacial score (nSPS) is 13.7. The maximum atomic E-state index is 13.2. The van der Waals surface area contributed by atoms with E-state index in [9.17, 15) is 43.2 Å². The van der Waals surface area contributed by atoms with Crippen LogP contribution in [0.5, 0.6) is 0 Å². The second-order valence-electron chi connectivity index (χ2n) is 34.4. The molecule has 0 rings (SSSR count). The van der Waals surface area contributed by atoms with Crippen molar-refractivity contribution in [3.05, 3.63) is 0 Å². The number of rotatable bonds is 92. The number of aliphatic hydroxyl groups is 1. The van der Waals surface area contributed by atoms with Gasteiger partial charge in [0.2, 0.25) is 0 Å². The van der Waals surface area contributed by atoms with Gasteiger partial charge in [-0.1, -0.05) is 452 Å². The molecule has 0 aliphatic rings. The van der Waals surface area contributed by atoms with E-state index in [-0.39, 0.29) is 25.7 Å². The lowest BCUT2D eigenvalue weighted by molar-refractivity contribution is -0.161. The molecule has 112 heavy (non-hydrogen) atoms. The van der Waals surface area contributed by atoms with Gasteiger partial charge in [-0.25, -0.2) is 9.13 Å². The van der Waals surface area contributed by atoms with E-state index < -0.39 is 97.5 Å². The van der Waals surface area contributed by atoms with Crippen molar-refractivity contribution in [3.63, 3.8) is 0 Å². The van der Waals surface area contributed by atoms with E-state index in [2.05, 4.69) is 41.5 Å². The number of carbonyl (C=O) groups excluding carboxylic acids is 4. The number of ether oxygens (including phenoxy) is 4. The first-order valence-electron chi connectivity index (χ1n) is 48.0. The van der Waals surface area contributed by atoms with Crippen LogP contribution in [-0.2, 0) is 65.4 Å². The number of carbonyl (C=O) groups is 4. The van der Waals surface area contributed by atoms with Gasteiger partial charge in [-0.05, 0) is 37.5 Å². The molecule has 0 fully saturated rings. The van der Waals surface area contributed by atoms with E-state index in [1.807, 2.05) is 0 Å². The minimum Gasteiger partial charge on any atom is -0.462 e. The Morgan fingerprint density at radius 1 is 0.241 bits per heavy atom. The van der Waals surface area contributed by atoms with Crippen LogP contribution < -0.4 is 0 Å². The maximum Gasteiger partial charge on any atom is 0.472 e. The molecule has 0 aromatic heterocycles. The molecular weight excluding hydrogens is 1450 g/mol. The summed E-state index contributed by atoms with van der Waals surface area (Å²) in [5.74, 6) is -0.468. The number of esters is 4. The first-order valence-corrected chi connectivity index (χ1v) is 51.0. The summed E-state index contributed by atoms with van der Waals surface area (Å²) in [5.41, 5.74) is 0. The topological polar surface area (TPSA) is 237 Å². The summed E-state index contributed by atoms with van der Waals surface area (Å²) in [6, 6.07) is 0. The van der Waals surface area contributed by atoms with Crippen LogP contribution in [-0.4, -0.2) is 96.7 Å². The van der Waals surface area contributed by atoms with Gasteiger partial charge in [-0.3, -0.25) is 37.3 Å². The second kappa shape index (κ2) is 84.1. The Bertz CT molecular complexity index is 2130. The Kier molecular flexibility index (Phi) is 82.6. The Labute approximate surface area is 689 Å². The van der Waals surface area contributed by atoms with Crippen LogP contribution >= 0.6 is 15.6 Å². The lowest BCUT2D eigenvalue weighted by Crippen LogP contribution is -2.30. The molecule has 0 amide bonds. The molecule has 0 bridgehead atoms. The number of hydrogen-bond donors (Lipinski definition) is 3. The highest BCUT2D eigenvalue weighted by atomic mass is 31.2. The fourth-order valence-corrected chi connectivity index (χ4v) is 16.2. The van der Waals surface area contributed by atoms with Gasteiger partial charge in [0, 0.05) is 25.7 Å². The average Bonchev–Trinajstić information content (AvgIpc) is 0.894. The van der Waals surface area contributed by atoms with E-state index in [0.717, 1.165) is 102 Å². The van der Waals surface area contributed by atoms with Crippen LogP contribution in [0.25, 0.3) is 0 Å². The first-order chi connectivity index (χ1) is 54.4. The van der Waals surface area contributed by atoms with Gasteiger partial charge in [0.15, 0.2) is 12.2 Å². The molecule has 0 heterocycles. The molecule has 17 nitrogen and oxygen atoms in total. The first kappa shape index (κ1) is 110. The summed E-state index contributed by atoms with van der Waals surface area (Å²) in [6.45, 7) is 9.78.